The van der Waals surface area contributed by atoms with E-state index in [1.165, 1.54) is 11.8 Å². The van der Waals surface area contributed by atoms with E-state index in [1.807, 2.05) is 42.8 Å². The van der Waals surface area contributed by atoms with E-state index in [-0.39, 0.29) is 11.5 Å². The van der Waals surface area contributed by atoms with E-state index in [9.17, 15) is 9.59 Å². The maximum absolute atomic E-state index is 12.6. The average Bonchev–Trinajstić information content (AvgIpc) is 3.20. The number of carbonyl (C=O) groups is 2. The quantitative estimate of drug-likeness (QED) is 0.819. The van der Waals surface area contributed by atoms with Crippen molar-refractivity contribution in [2.75, 3.05) is 13.1 Å². The number of aliphatic imine (C=N–C) groups is 1. The van der Waals surface area contributed by atoms with Gasteiger partial charge in [-0.05, 0) is 68.1 Å². The zero-order valence-electron chi connectivity index (χ0n) is 14.5. The smallest absolute Gasteiger partial charge is 0.335 e. The first kappa shape index (κ1) is 18.0. The summed E-state index contributed by atoms with van der Waals surface area (Å²) in [5, 5.41) is 9.76. The number of benzene rings is 1. The number of rotatable bonds is 5. The number of aromatic nitrogens is 1. The second-order valence-electron chi connectivity index (χ2n) is 5.57. The van der Waals surface area contributed by atoms with Crippen LogP contribution < -0.4 is 0 Å². The summed E-state index contributed by atoms with van der Waals surface area (Å²) in [7, 11) is 0. The molecule has 1 fully saturated rings. The molecule has 1 saturated heterocycles. The molecule has 6 nitrogen and oxygen atoms in total. The second-order valence-corrected chi connectivity index (χ2v) is 6.58. The second kappa shape index (κ2) is 7.61. The van der Waals surface area contributed by atoms with E-state index in [0.717, 1.165) is 16.5 Å². The molecule has 1 aromatic heterocycles. The molecule has 3 rings (SSSR count). The molecular weight excluding hydrogens is 350 g/mol. The van der Waals surface area contributed by atoms with Gasteiger partial charge in [-0.2, -0.15) is 0 Å². The van der Waals surface area contributed by atoms with Gasteiger partial charge in [-0.15, -0.1) is 0 Å². The fourth-order valence-electron chi connectivity index (χ4n) is 2.69. The van der Waals surface area contributed by atoms with Crippen molar-refractivity contribution < 1.29 is 14.7 Å². The summed E-state index contributed by atoms with van der Waals surface area (Å²) < 4.78 is 1.91. The molecule has 1 N–H and O–H groups in total. The Morgan fingerprint density at radius 2 is 1.96 bits per heavy atom. The number of carboxylic acid groups (broad SMARTS) is 1. The minimum atomic E-state index is -0.957. The molecule has 2 heterocycles. The van der Waals surface area contributed by atoms with Crippen LogP contribution in [0.25, 0.3) is 11.8 Å². The lowest BCUT2D eigenvalue weighted by Crippen LogP contribution is -2.28. The summed E-state index contributed by atoms with van der Waals surface area (Å²) in [6, 6.07) is 10.4. The fourth-order valence-corrected chi connectivity index (χ4v) is 3.78. The van der Waals surface area contributed by atoms with Crippen LogP contribution in [0.1, 0.15) is 29.9 Å². The van der Waals surface area contributed by atoms with Crippen molar-refractivity contribution in [3.8, 4) is 5.69 Å². The minimum Gasteiger partial charge on any atom is -0.478 e. The largest absolute Gasteiger partial charge is 0.478 e. The molecule has 0 atom stereocenters. The first-order chi connectivity index (χ1) is 12.5. The Balaban J connectivity index is 1.94. The van der Waals surface area contributed by atoms with Crippen LogP contribution in [0, 0.1) is 0 Å². The summed E-state index contributed by atoms with van der Waals surface area (Å²) >= 11 is 1.38. The number of carbonyl (C=O) groups excluding carboxylic acids is 1. The molecular formula is C19H19N3O3S. The molecule has 1 aliphatic rings. The molecule has 26 heavy (non-hydrogen) atoms. The fraction of sp³-hybridized carbons (Fsp3) is 0.211. The number of amides is 1. The van der Waals surface area contributed by atoms with Gasteiger partial charge in [-0.1, -0.05) is 0 Å². The third-order valence-corrected chi connectivity index (χ3v) is 4.99. The van der Waals surface area contributed by atoms with Crippen LogP contribution in [0.3, 0.4) is 0 Å². The maximum atomic E-state index is 12.6. The van der Waals surface area contributed by atoms with Crippen molar-refractivity contribution in [3.63, 3.8) is 0 Å². The predicted molar refractivity (Wildman–Crippen MR) is 104 cm³/mol. The lowest BCUT2D eigenvalue weighted by Gasteiger charge is -2.11. The molecule has 0 unspecified atom stereocenters. The molecule has 134 valence electrons. The van der Waals surface area contributed by atoms with Crippen LogP contribution in [0.15, 0.2) is 52.5 Å². The number of amidine groups is 1. The van der Waals surface area contributed by atoms with Crippen molar-refractivity contribution in [1.82, 2.24) is 9.47 Å². The maximum Gasteiger partial charge on any atom is 0.335 e. The highest BCUT2D eigenvalue weighted by molar-refractivity contribution is 8.18. The van der Waals surface area contributed by atoms with Crippen LogP contribution in [-0.2, 0) is 4.79 Å². The van der Waals surface area contributed by atoms with E-state index in [1.54, 1.807) is 29.2 Å². The molecule has 0 spiro atoms. The van der Waals surface area contributed by atoms with E-state index in [4.69, 9.17) is 5.11 Å². The molecule has 7 heteroatoms. The molecule has 1 aromatic carbocycles. The van der Waals surface area contributed by atoms with E-state index >= 15 is 0 Å². The Labute approximate surface area is 155 Å². The number of thioether (sulfide) groups is 1. The molecule has 2 aromatic rings. The van der Waals surface area contributed by atoms with Gasteiger partial charge in [0.05, 0.1) is 10.5 Å². The van der Waals surface area contributed by atoms with Crippen LogP contribution >= 0.6 is 11.8 Å². The highest BCUT2D eigenvalue weighted by Gasteiger charge is 2.32. The molecule has 1 aliphatic heterocycles. The van der Waals surface area contributed by atoms with Gasteiger partial charge in [0, 0.05) is 30.7 Å². The van der Waals surface area contributed by atoms with Gasteiger partial charge in [0.25, 0.3) is 5.91 Å². The standard InChI is InChI=1S/C19H19N3O3S/c1-3-20-19-21(4-2)17(23)16(26-19)12-15-6-5-11-22(15)14-9-7-13(8-10-14)18(24)25/h5-12H,3-4H2,1-2H3,(H,24,25)/b16-12-,20-19?. The number of nitrogens with zero attached hydrogens (tertiary/aromatic N) is 3. The monoisotopic (exact) mass is 369 g/mol. The molecule has 1 amide bonds. The van der Waals surface area contributed by atoms with Gasteiger partial charge in [0.15, 0.2) is 5.17 Å². The van der Waals surface area contributed by atoms with Crippen molar-refractivity contribution in [3.05, 3.63) is 58.8 Å². The van der Waals surface area contributed by atoms with Gasteiger partial charge in [0.1, 0.15) is 0 Å². The van der Waals surface area contributed by atoms with E-state index in [0.29, 0.717) is 18.0 Å². The van der Waals surface area contributed by atoms with Gasteiger partial charge in [0.2, 0.25) is 0 Å². The number of carboxylic acids is 1. The molecule has 0 radical (unpaired) electrons. The summed E-state index contributed by atoms with van der Waals surface area (Å²) in [4.78, 5) is 30.3. The Kier molecular flexibility index (Phi) is 5.27. The third kappa shape index (κ3) is 3.43. The molecule has 0 aliphatic carbocycles. The average molecular weight is 369 g/mol. The summed E-state index contributed by atoms with van der Waals surface area (Å²) in [5.41, 5.74) is 1.91. The number of hydrogen-bond acceptors (Lipinski definition) is 4. The van der Waals surface area contributed by atoms with Crippen molar-refractivity contribution in [1.29, 1.82) is 0 Å². The summed E-state index contributed by atoms with van der Waals surface area (Å²) in [6.07, 6.45) is 3.73. The zero-order valence-corrected chi connectivity index (χ0v) is 15.4. The van der Waals surface area contributed by atoms with Crippen molar-refractivity contribution >= 4 is 34.9 Å². The van der Waals surface area contributed by atoms with E-state index < -0.39 is 5.97 Å². The Bertz CT molecular complexity index is 897. The first-order valence-electron chi connectivity index (χ1n) is 8.32. The van der Waals surface area contributed by atoms with Crippen LogP contribution in [0.2, 0.25) is 0 Å². The lowest BCUT2D eigenvalue weighted by molar-refractivity contribution is -0.122. The number of hydrogen-bond donors (Lipinski definition) is 1. The Hall–Kier alpha value is -2.80. The molecule has 0 bridgehead atoms. The normalized spacial score (nSPS) is 17.5. The Morgan fingerprint density at radius 1 is 1.23 bits per heavy atom. The topological polar surface area (TPSA) is 74.9 Å². The van der Waals surface area contributed by atoms with Gasteiger partial charge in [-0.25, -0.2) is 4.79 Å². The van der Waals surface area contributed by atoms with Gasteiger partial charge >= 0.3 is 5.97 Å². The van der Waals surface area contributed by atoms with E-state index in [2.05, 4.69) is 4.99 Å². The number of aromatic carboxylic acids is 1. The molecule has 0 saturated carbocycles. The highest BCUT2D eigenvalue weighted by atomic mass is 32.2. The minimum absolute atomic E-state index is 0.0429. The van der Waals surface area contributed by atoms with Crippen LogP contribution in [-0.4, -0.2) is 44.7 Å². The predicted octanol–water partition coefficient (Wildman–Crippen LogP) is 3.49. The highest BCUT2D eigenvalue weighted by Crippen LogP contribution is 2.32. The van der Waals surface area contributed by atoms with Gasteiger partial charge < -0.3 is 9.67 Å². The van der Waals surface area contributed by atoms with Crippen LogP contribution in [0.4, 0.5) is 0 Å². The van der Waals surface area contributed by atoms with Crippen LogP contribution in [0.5, 0.6) is 0 Å². The SMILES string of the molecule is CCN=C1S/C(=C\c2cccn2-c2ccc(C(=O)O)cc2)C(=O)N1CC. The van der Waals surface area contributed by atoms with Crippen molar-refractivity contribution in [2.45, 2.75) is 13.8 Å². The number of likely N-dealkylation sites (N-methyl/N-ethyl adjacent to an activating group) is 1. The summed E-state index contributed by atoms with van der Waals surface area (Å²) in [5.74, 6) is -1.000. The first-order valence-corrected chi connectivity index (χ1v) is 9.13. The zero-order chi connectivity index (χ0) is 18.7. The van der Waals surface area contributed by atoms with Crippen molar-refractivity contribution in [2.24, 2.45) is 4.99 Å². The lowest BCUT2D eigenvalue weighted by atomic mass is 10.2. The third-order valence-electron chi connectivity index (χ3n) is 3.95. The Morgan fingerprint density at radius 3 is 2.58 bits per heavy atom. The van der Waals surface area contributed by atoms with Gasteiger partial charge in [-0.3, -0.25) is 14.7 Å². The summed E-state index contributed by atoms with van der Waals surface area (Å²) in [6.45, 7) is 5.09.